The van der Waals surface area contributed by atoms with E-state index in [1.165, 1.54) is 0 Å². The summed E-state index contributed by atoms with van der Waals surface area (Å²) >= 11 is 5.95. The van der Waals surface area contributed by atoms with Crippen LogP contribution in [0.1, 0.15) is 24.9 Å². The van der Waals surface area contributed by atoms with Crippen LogP contribution in [-0.2, 0) is 9.59 Å². The lowest BCUT2D eigenvalue weighted by Crippen LogP contribution is -2.30. The van der Waals surface area contributed by atoms with Crippen LogP contribution in [0, 0.1) is 0 Å². The molecule has 0 saturated heterocycles. The van der Waals surface area contributed by atoms with Crippen molar-refractivity contribution < 1.29 is 9.59 Å². The van der Waals surface area contributed by atoms with E-state index in [0.29, 0.717) is 10.7 Å². The number of carbonyl (C=O) groups is 2. The van der Waals surface area contributed by atoms with Gasteiger partial charge in [-0.2, -0.15) is 0 Å². The number of para-hydroxylation sites is 1. The minimum atomic E-state index is -0.397. The van der Waals surface area contributed by atoms with Crippen LogP contribution < -0.4 is 10.6 Å². The zero-order valence-corrected chi connectivity index (χ0v) is 12.9. The predicted molar refractivity (Wildman–Crippen MR) is 87.7 cm³/mol. The Morgan fingerprint density at radius 3 is 2.32 bits per heavy atom. The number of benzene rings is 2. The minimum absolute atomic E-state index is 0.151. The van der Waals surface area contributed by atoms with Gasteiger partial charge in [0.05, 0.1) is 16.8 Å². The molecule has 0 saturated carbocycles. The molecule has 1 unspecified atom stereocenters. The number of carbonyl (C=O) groups excluding carboxylic acids is 2. The maximum atomic E-state index is 11.9. The molecule has 2 aromatic carbocycles. The lowest BCUT2D eigenvalue weighted by molar-refractivity contribution is -0.127. The summed E-state index contributed by atoms with van der Waals surface area (Å²) in [6.07, 6.45) is -0.248. The molecule has 1 atom stereocenters. The molecule has 2 amide bonds. The Balaban J connectivity index is 1.87. The van der Waals surface area contributed by atoms with E-state index in [9.17, 15) is 9.59 Å². The van der Waals surface area contributed by atoms with Crippen molar-refractivity contribution in [3.8, 4) is 0 Å². The van der Waals surface area contributed by atoms with Gasteiger partial charge in [-0.3, -0.25) is 9.59 Å². The number of hydrogen-bond donors (Lipinski definition) is 2. The molecule has 0 bridgehead atoms. The molecule has 0 aliphatic heterocycles. The summed E-state index contributed by atoms with van der Waals surface area (Å²) in [7, 11) is 0. The van der Waals surface area contributed by atoms with Crippen LogP contribution in [0.5, 0.6) is 0 Å². The van der Waals surface area contributed by atoms with E-state index in [1.807, 2.05) is 37.3 Å². The molecule has 22 heavy (non-hydrogen) atoms. The first-order valence-corrected chi connectivity index (χ1v) is 7.33. The lowest BCUT2D eigenvalue weighted by Gasteiger charge is -2.14. The van der Waals surface area contributed by atoms with Gasteiger partial charge in [0.15, 0.2) is 0 Å². The Morgan fingerprint density at radius 2 is 1.64 bits per heavy atom. The Bertz CT molecular complexity index is 659. The Hall–Kier alpha value is -2.33. The molecular weight excluding hydrogens is 300 g/mol. The molecule has 4 nitrogen and oxygen atoms in total. The van der Waals surface area contributed by atoms with Crippen molar-refractivity contribution >= 4 is 29.1 Å². The third kappa shape index (κ3) is 4.60. The van der Waals surface area contributed by atoms with Gasteiger partial charge >= 0.3 is 0 Å². The average molecular weight is 317 g/mol. The van der Waals surface area contributed by atoms with E-state index >= 15 is 0 Å². The molecule has 5 heteroatoms. The van der Waals surface area contributed by atoms with Gasteiger partial charge in [-0.15, -0.1) is 0 Å². The van der Waals surface area contributed by atoms with E-state index in [0.717, 1.165) is 5.56 Å². The van der Waals surface area contributed by atoms with E-state index in [2.05, 4.69) is 10.6 Å². The van der Waals surface area contributed by atoms with Crippen LogP contribution in [0.15, 0.2) is 54.6 Å². The largest absolute Gasteiger partial charge is 0.349 e. The van der Waals surface area contributed by atoms with Gasteiger partial charge in [0.25, 0.3) is 0 Å². The summed E-state index contributed by atoms with van der Waals surface area (Å²) in [5.74, 6) is -0.730. The smallest absolute Gasteiger partial charge is 0.233 e. The second-order valence-corrected chi connectivity index (χ2v) is 5.31. The van der Waals surface area contributed by atoms with E-state index < -0.39 is 5.91 Å². The summed E-state index contributed by atoms with van der Waals surface area (Å²) in [6.45, 7) is 1.87. The first kappa shape index (κ1) is 16.0. The van der Waals surface area contributed by atoms with Gasteiger partial charge in [-0.1, -0.05) is 54.1 Å². The number of anilines is 1. The highest BCUT2D eigenvalue weighted by molar-refractivity contribution is 6.33. The molecular formula is C17H17ClN2O2. The third-order valence-corrected chi connectivity index (χ3v) is 3.48. The van der Waals surface area contributed by atoms with Crippen molar-refractivity contribution in [1.29, 1.82) is 0 Å². The van der Waals surface area contributed by atoms with Crippen molar-refractivity contribution in [2.75, 3.05) is 5.32 Å². The van der Waals surface area contributed by atoms with Crippen LogP contribution in [-0.4, -0.2) is 11.8 Å². The SMILES string of the molecule is CC(NC(=O)CC(=O)Nc1ccccc1Cl)c1ccccc1. The zero-order valence-electron chi connectivity index (χ0n) is 12.2. The molecule has 2 N–H and O–H groups in total. The lowest BCUT2D eigenvalue weighted by atomic mass is 10.1. The van der Waals surface area contributed by atoms with Crippen molar-refractivity contribution in [3.63, 3.8) is 0 Å². The first-order valence-electron chi connectivity index (χ1n) is 6.95. The van der Waals surface area contributed by atoms with Gasteiger partial charge < -0.3 is 10.6 Å². The van der Waals surface area contributed by atoms with Gasteiger partial charge in [0.1, 0.15) is 6.42 Å². The van der Waals surface area contributed by atoms with Gasteiger partial charge in [-0.25, -0.2) is 0 Å². The number of amides is 2. The second-order valence-electron chi connectivity index (χ2n) is 4.90. The Kier molecular flexibility index (Phi) is 5.55. The average Bonchev–Trinajstić information content (AvgIpc) is 2.50. The van der Waals surface area contributed by atoms with Gasteiger partial charge in [0, 0.05) is 0 Å². The number of hydrogen-bond acceptors (Lipinski definition) is 2. The van der Waals surface area contributed by atoms with Crippen molar-refractivity contribution in [2.45, 2.75) is 19.4 Å². The Labute approximate surface area is 134 Å². The predicted octanol–water partition coefficient (Wildman–Crippen LogP) is 3.55. The maximum absolute atomic E-state index is 11.9. The molecule has 0 spiro atoms. The number of nitrogens with one attached hydrogen (secondary N) is 2. The molecule has 2 aromatic rings. The fourth-order valence-corrected chi connectivity index (χ4v) is 2.20. The van der Waals surface area contributed by atoms with Crippen LogP contribution in [0.2, 0.25) is 5.02 Å². The fraction of sp³-hybridized carbons (Fsp3) is 0.176. The van der Waals surface area contributed by atoms with E-state index in [4.69, 9.17) is 11.6 Å². The zero-order chi connectivity index (χ0) is 15.9. The minimum Gasteiger partial charge on any atom is -0.349 e. The highest BCUT2D eigenvalue weighted by atomic mass is 35.5. The van der Waals surface area contributed by atoms with Crippen molar-refractivity contribution in [1.82, 2.24) is 5.32 Å². The quantitative estimate of drug-likeness (QED) is 0.829. The maximum Gasteiger partial charge on any atom is 0.233 e. The molecule has 0 aromatic heterocycles. The van der Waals surface area contributed by atoms with Gasteiger partial charge in [-0.05, 0) is 24.6 Å². The number of halogens is 1. The van der Waals surface area contributed by atoms with Crippen LogP contribution in [0.3, 0.4) is 0 Å². The normalized spacial score (nSPS) is 11.5. The molecule has 0 heterocycles. The molecule has 0 aliphatic carbocycles. The fourth-order valence-electron chi connectivity index (χ4n) is 2.02. The van der Waals surface area contributed by atoms with Crippen LogP contribution >= 0.6 is 11.6 Å². The van der Waals surface area contributed by atoms with E-state index in [1.54, 1.807) is 24.3 Å². The summed E-state index contributed by atoms with van der Waals surface area (Å²) in [5, 5.41) is 5.86. The van der Waals surface area contributed by atoms with Crippen molar-refractivity contribution in [2.24, 2.45) is 0 Å². The monoisotopic (exact) mass is 316 g/mol. The summed E-state index contributed by atoms with van der Waals surface area (Å²) < 4.78 is 0. The molecule has 114 valence electrons. The summed E-state index contributed by atoms with van der Waals surface area (Å²) in [4.78, 5) is 23.8. The molecule has 0 fully saturated rings. The molecule has 2 rings (SSSR count). The highest BCUT2D eigenvalue weighted by Gasteiger charge is 2.14. The molecule has 0 aliphatic rings. The van der Waals surface area contributed by atoms with Crippen LogP contribution in [0.4, 0.5) is 5.69 Å². The van der Waals surface area contributed by atoms with E-state index in [-0.39, 0.29) is 18.4 Å². The van der Waals surface area contributed by atoms with Crippen LogP contribution in [0.25, 0.3) is 0 Å². The third-order valence-electron chi connectivity index (χ3n) is 3.15. The van der Waals surface area contributed by atoms with Gasteiger partial charge in [0.2, 0.25) is 11.8 Å². The molecule has 0 radical (unpaired) electrons. The standard InChI is InChI=1S/C17H17ClN2O2/c1-12(13-7-3-2-4-8-13)19-16(21)11-17(22)20-15-10-6-5-9-14(15)18/h2-10,12H,11H2,1H3,(H,19,21)(H,20,22). The summed E-state index contributed by atoms with van der Waals surface area (Å²) in [5.41, 5.74) is 1.49. The highest BCUT2D eigenvalue weighted by Crippen LogP contribution is 2.20. The van der Waals surface area contributed by atoms with Crippen molar-refractivity contribution in [3.05, 3.63) is 65.2 Å². The second kappa shape index (κ2) is 7.61. The topological polar surface area (TPSA) is 58.2 Å². The summed E-state index contributed by atoms with van der Waals surface area (Å²) in [6, 6.07) is 16.3. The Morgan fingerprint density at radius 1 is 1.00 bits per heavy atom. The first-order chi connectivity index (χ1) is 10.6. The number of rotatable bonds is 5.